The SMILES string of the molecule is CCOC(=O)Nc1ccc(C(=O)NNC(=O)c2ccco2)cc1. The summed E-state index contributed by atoms with van der Waals surface area (Å²) < 4.78 is 9.63. The number of hydrogen-bond acceptors (Lipinski definition) is 5. The Kier molecular flexibility index (Phi) is 5.35. The van der Waals surface area contributed by atoms with Crippen LogP contribution in [0.1, 0.15) is 27.8 Å². The van der Waals surface area contributed by atoms with E-state index in [0.717, 1.165) is 0 Å². The van der Waals surface area contributed by atoms with Gasteiger partial charge in [0, 0.05) is 11.3 Å². The Hall–Kier alpha value is -3.29. The molecular weight excluding hydrogens is 302 g/mol. The van der Waals surface area contributed by atoms with Gasteiger partial charge in [0.2, 0.25) is 0 Å². The summed E-state index contributed by atoms with van der Waals surface area (Å²) in [6, 6.07) is 9.11. The van der Waals surface area contributed by atoms with Gasteiger partial charge in [-0.3, -0.25) is 25.8 Å². The van der Waals surface area contributed by atoms with Crippen molar-refractivity contribution in [3.63, 3.8) is 0 Å². The molecule has 3 N–H and O–H groups in total. The third kappa shape index (κ3) is 4.60. The molecule has 0 saturated carbocycles. The molecule has 0 aliphatic carbocycles. The predicted octanol–water partition coefficient (Wildman–Crippen LogP) is 1.92. The lowest BCUT2D eigenvalue weighted by Gasteiger charge is -2.08. The van der Waals surface area contributed by atoms with E-state index in [9.17, 15) is 14.4 Å². The summed E-state index contributed by atoms with van der Waals surface area (Å²) in [6.45, 7) is 1.96. The first-order valence-electron chi connectivity index (χ1n) is 6.78. The van der Waals surface area contributed by atoms with Gasteiger partial charge in [-0.2, -0.15) is 0 Å². The highest BCUT2D eigenvalue weighted by Gasteiger charge is 2.11. The summed E-state index contributed by atoms with van der Waals surface area (Å²) in [5, 5.41) is 2.50. The summed E-state index contributed by atoms with van der Waals surface area (Å²) in [4.78, 5) is 34.7. The Morgan fingerprint density at radius 1 is 1.04 bits per heavy atom. The zero-order valence-electron chi connectivity index (χ0n) is 12.3. The molecule has 2 aromatic rings. The van der Waals surface area contributed by atoms with Crippen LogP contribution in [-0.4, -0.2) is 24.5 Å². The number of anilines is 1. The maximum atomic E-state index is 11.9. The second-order valence-corrected chi connectivity index (χ2v) is 4.31. The van der Waals surface area contributed by atoms with Crippen molar-refractivity contribution < 1.29 is 23.5 Å². The van der Waals surface area contributed by atoms with Gasteiger partial charge in [-0.05, 0) is 43.3 Å². The van der Waals surface area contributed by atoms with Gasteiger partial charge in [-0.25, -0.2) is 4.79 Å². The van der Waals surface area contributed by atoms with E-state index in [-0.39, 0.29) is 12.4 Å². The molecule has 0 unspecified atom stereocenters. The van der Waals surface area contributed by atoms with Gasteiger partial charge < -0.3 is 9.15 Å². The van der Waals surface area contributed by atoms with Crippen LogP contribution in [0.2, 0.25) is 0 Å². The van der Waals surface area contributed by atoms with Gasteiger partial charge in [0.05, 0.1) is 12.9 Å². The maximum absolute atomic E-state index is 11.9. The molecule has 0 radical (unpaired) electrons. The first-order valence-corrected chi connectivity index (χ1v) is 6.78. The van der Waals surface area contributed by atoms with E-state index >= 15 is 0 Å². The molecule has 1 aromatic heterocycles. The van der Waals surface area contributed by atoms with Gasteiger partial charge in [0.25, 0.3) is 5.91 Å². The van der Waals surface area contributed by atoms with E-state index < -0.39 is 17.9 Å². The third-order valence-corrected chi connectivity index (χ3v) is 2.70. The number of hydrazine groups is 1. The van der Waals surface area contributed by atoms with Crippen molar-refractivity contribution in [2.45, 2.75) is 6.92 Å². The van der Waals surface area contributed by atoms with Gasteiger partial charge in [0.15, 0.2) is 5.76 Å². The van der Waals surface area contributed by atoms with Crippen LogP contribution in [0.15, 0.2) is 47.1 Å². The molecule has 2 rings (SSSR count). The highest BCUT2D eigenvalue weighted by atomic mass is 16.5. The lowest BCUT2D eigenvalue weighted by atomic mass is 10.2. The normalized spacial score (nSPS) is 9.78. The van der Waals surface area contributed by atoms with Crippen LogP contribution in [0.25, 0.3) is 0 Å². The van der Waals surface area contributed by atoms with Crippen molar-refractivity contribution >= 4 is 23.6 Å². The minimum absolute atomic E-state index is 0.0827. The minimum atomic E-state index is -0.574. The van der Waals surface area contributed by atoms with Gasteiger partial charge in [-0.1, -0.05) is 0 Å². The number of carbonyl (C=O) groups excluding carboxylic acids is 3. The van der Waals surface area contributed by atoms with Crippen LogP contribution < -0.4 is 16.2 Å². The van der Waals surface area contributed by atoms with E-state index in [1.54, 1.807) is 25.1 Å². The smallest absolute Gasteiger partial charge is 0.411 e. The van der Waals surface area contributed by atoms with E-state index in [1.807, 2.05) is 0 Å². The minimum Gasteiger partial charge on any atom is -0.459 e. The summed E-state index contributed by atoms with van der Waals surface area (Å²) in [5.74, 6) is -0.990. The highest BCUT2D eigenvalue weighted by molar-refractivity contribution is 5.98. The molecule has 0 saturated heterocycles. The molecule has 1 heterocycles. The Bertz CT molecular complexity index is 680. The average Bonchev–Trinajstić information content (AvgIpc) is 3.07. The fourth-order valence-corrected chi connectivity index (χ4v) is 1.65. The van der Waals surface area contributed by atoms with E-state index in [2.05, 4.69) is 16.2 Å². The van der Waals surface area contributed by atoms with Crippen LogP contribution in [0.3, 0.4) is 0 Å². The topological polar surface area (TPSA) is 110 Å². The Morgan fingerprint density at radius 2 is 1.74 bits per heavy atom. The molecule has 3 amide bonds. The van der Waals surface area contributed by atoms with Crippen molar-refractivity contribution in [1.29, 1.82) is 0 Å². The van der Waals surface area contributed by atoms with Crippen LogP contribution in [-0.2, 0) is 4.74 Å². The number of rotatable bonds is 4. The molecule has 23 heavy (non-hydrogen) atoms. The highest BCUT2D eigenvalue weighted by Crippen LogP contribution is 2.09. The van der Waals surface area contributed by atoms with Crippen molar-refractivity contribution in [3.8, 4) is 0 Å². The fraction of sp³-hybridized carbons (Fsp3) is 0.133. The summed E-state index contributed by atoms with van der Waals surface area (Å²) >= 11 is 0. The van der Waals surface area contributed by atoms with Crippen molar-refractivity contribution in [1.82, 2.24) is 10.9 Å². The average molecular weight is 317 g/mol. The number of hydrogen-bond donors (Lipinski definition) is 3. The second-order valence-electron chi connectivity index (χ2n) is 4.31. The zero-order valence-corrected chi connectivity index (χ0v) is 12.3. The van der Waals surface area contributed by atoms with Gasteiger partial charge >= 0.3 is 12.0 Å². The summed E-state index contributed by atoms with van der Waals surface area (Å²) in [7, 11) is 0. The molecule has 0 spiro atoms. The first-order chi connectivity index (χ1) is 11.1. The first kappa shape index (κ1) is 16.1. The number of amides is 3. The van der Waals surface area contributed by atoms with Crippen molar-refractivity contribution in [2.75, 3.05) is 11.9 Å². The van der Waals surface area contributed by atoms with Gasteiger partial charge in [0.1, 0.15) is 0 Å². The summed E-state index contributed by atoms with van der Waals surface area (Å²) in [5.41, 5.74) is 5.27. The molecule has 120 valence electrons. The molecular formula is C15H15N3O5. The fourth-order valence-electron chi connectivity index (χ4n) is 1.65. The number of furan rings is 1. The van der Waals surface area contributed by atoms with E-state index in [0.29, 0.717) is 11.3 Å². The van der Waals surface area contributed by atoms with Crippen LogP contribution in [0, 0.1) is 0 Å². The molecule has 0 aliphatic heterocycles. The quantitative estimate of drug-likeness (QED) is 0.746. The molecule has 0 bridgehead atoms. The molecule has 0 fully saturated rings. The summed E-state index contributed by atoms with van der Waals surface area (Å²) in [6.07, 6.45) is 0.779. The Balaban J connectivity index is 1.87. The lowest BCUT2D eigenvalue weighted by molar-refractivity contribution is 0.0831. The zero-order chi connectivity index (χ0) is 16.7. The van der Waals surface area contributed by atoms with Crippen LogP contribution >= 0.6 is 0 Å². The number of benzene rings is 1. The Morgan fingerprint density at radius 3 is 2.35 bits per heavy atom. The maximum Gasteiger partial charge on any atom is 0.411 e. The van der Waals surface area contributed by atoms with Crippen LogP contribution in [0.4, 0.5) is 10.5 Å². The lowest BCUT2D eigenvalue weighted by Crippen LogP contribution is -2.41. The second kappa shape index (κ2) is 7.64. The third-order valence-electron chi connectivity index (χ3n) is 2.70. The number of ether oxygens (including phenoxy) is 1. The standard InChI is InChI=1S/C15H15N3O5/c1-2-22-15(21)16-11-7-5-10(6-8-11)13(19)17-18-14(20)12-4-3-9-23-12/h3-9H,2H2,1H3,(H,16,21)(H,17,19)(H,18,20). The van der Waals surface area contributed by atoms with E-state index in [4.69, 9.17) is 9.15 Å². The van der Waals surface area contributed by atoms with Crippen molar-refractivity contribution in [2.24, 2.45) is 0 Å². The van der Waals surface area contributed by atoms with Crippen molar-refractivity contribution in [3.05, 3.63) is 54.0 Å². The molecule has 0 aliphatic rings. The van der Waals surface area contributed by atoms with Crippen LogP contribution in [0.5, 0.6) is 0 Å². The predicted molar refractivity (Wildman–Crippen MR) is 80.7 cm³/mol. The largest absolute Gasteiger partial charge is 0.459 e. The van der Waals surface area contributed by atoms with Gasteiger partial charge in [-0.15, -0.1) is 0 Å². The monoisotopic (exact) mass is 317 g/mol. The van der Waals surface area contributed by atoms with E-state index in [1.165, 1.54) is 24.5 Å². The molecule has 1 aromatic carbocycles. The molecule has 0 atom stereocenters. The Labute approximate surface area is 131 Å². The molecule has 8 nitrogen and oxygen atoms in total. The molecule has 8 heteroatoms. The number of carbonyl (C=O) groups is 3. The number of nitrogens with one attached hydrogen (secondary N) is 3.